The molecule has 0 bridgehead atoms. The minimum absolute atomic E-state index is 0.0121. The van der Waals surface area contributed by atoms with Crippen LogP contribution in [-0.4, -0.2) is 29.2 Å². The normalized spacial score (nSPS) is 11.4. The Morgan fingerprint density at radius 3 is 2.36 bits per heavy atom. The summed E-state index contributed by atoms with van der Waals surface area (Å²) in [5, 5.41) is 9.93. The quantitative estimate of drug-likeness (QED) is 0.150. The number of hydrogen-bond acceptors (Lipinski definition) is 5. The van der Waals surface area contributed by atoms with Gasteiger partial charge in [-0.1, -0.05) is 24.6 Å². The molecule has 0 saturated carbocycles. The molecule has 1 unspecified atom stereocenters. The number of ether oxygens (including phenoxy) is 1. The molecule has 3 aromatic rings. The van der Waals surface area contributed by atoms with E-state index in [4.69, 9.17) is 28.6 Å². The minimum atomic E-state index is -0.314. The van der Waals surface area contributed by atoms with Gasteiger partial charge in [0.05, 0.1) is 18.0 Å². The number of nitrogens with one attached hydrogen (secondary N) is 3. The monoisotopic (exact) mass is 541 g/mol. The first kappa shape index (κ1) is 27.5. The van der Waals surface area contributed by atoms with E-state index in [0.29, 0.717) is 33.6 Å². The van der Waals surface area contributed by atoms with Gasteiger partial charge in [0.15, 0.2) is 10.9 Å². The topological polar surface area (TPSA) is 79.5 Å². The van der Waals surface area contributed by atoms with Crippen molar-refractivity contribution >= 4 is 69.4 Å². The van der Waals surface area contributed by atoms with Crippen molar-refractivity contribution in [3.05, 3.63) is 76.8 Å². The van der Waals surface area contributed by atoms with E-state index in [2.05, 4.69) is 16.0 Å². The molecule has 0 saturated heterocycles. The summed E-state index contributed by atoms with van der Waals surface area (Å²) in [4.78, 5) is 25.4. The Labute approximate surface area is 226 Å². The summed E-state index contributed by atoms with van der Waals surface area (Å²) < 4.78 is 5.38. The molecule has 9 heteroatoms. The zero-order valence-electron chi connectivity index (χ0n) is 20.5. The molecule has 0 spiro atoms. The van der Waals surface area contributed by atoms with Gasteiger partial charge in [0, 0.05) is 32.9 Å². The van der Waals surface area contributed by atoms with E-state index in [1.807, 2.05) is 44.2 Å². The Hall–Kier alpha value is -3.07. The Morgan fingerprint density at radius 2 is 1.72 bits per heavy atom. The molecule has 1 atom stereocenters. The molecule has 3 aromatic carbocycles. The number of thioether (sulfide) groups is 1. The van der Waals surface area contributed by atoms with Crippen LogP contribution in [0.25, 0.3) is 0 Å². The molecule has 3 rings (SSSR count). The van der Waals surface area contributed by atoms with Crippen LogP contribution in [-0.2, 0) is 4.79 Å². The van der Waals surface area contributed by atoms with Crippen molar-refractivity contribution in [2.24, 2.45) is 0 Å². The van der Waals surface area contributed by atoms with E-state index >= 15 is 0 Å². The average Bonchev–Trinajstić information content (AvgIpc) is 2.85. The molecule has 36 heavy (non-hydrogen) atoms. The summed E-state index contributed by atoms with van der Waals surface area (Å²) in [6, 6.07) is 18.3. The van der Waals surface area contributed by atoms with Crippen LogP contribution < -0.4 is 20.7 Å². The first-order valence-electron chi connectivity index (χ1n) is 11.3. The van der Waals surface area contributed by atoms with Gasteiger partial charge in [0.25, 0.3) is 0 Å². The maximum Gasteiger partial charge on any atom is 0.237 e. The number of carbonyl (C=O) groups excluding carboxylic acids is 2. The van der Waals surface area contributed by atoms with E-state index in [9.17, 15) is 9.59 Å². The van der Waals surface area contributed by atoms with Crippen molar-refractivity contribution < 1.29 is 14.3 Å². The summed E-state index contributed by atoms with van der Waals surface area (Å²) >= 11 is 13.1. The molecule has 188 valence electrons. The lowest BCUT2D eigenvalue weighted by Crippen LogP contribution is -2.25. The molecule has 3 N–H and O–H groups in total. The van der Waals surface area contributed by atoms with Crippen molar-refractivity contribution in [3.63, 3.8) is 0 Å². The third-order valence-corrected chi connectivity index (χ3v) is 7.29. The molecule has 0 aliphatic carbocycles. The molecule has 0 aromatic heterocycles. The number of aryl methyl sites for hydroxylation is 1. The third kappa shape index (κ3) is 7.46. The van der Waals surface area contributed by atoms with Gasteiger partial charge in [-0.25, -0.2) is 0 Å². The van der Waals surface area contributed by atoms with Crippen molar-refractivity contribution in [2.45, 2.75) is 37.3 Å². The largest absolute Gasteiger partial charge is 0.495 e. The van der Waals surface area contributed by atoms with E-state index in [0.717, 1.165) is 21.8 Å². The van der Waals surface area contributed by atoms with Crippen LogP contribution in [0, 0.1) is 6.92 Å². The SMILES string of the molecule is CCC(Sc1cccc(NC(=S)Nc2ccc(C(C)=O)cc2)c1)C(=O)Nc1cc(C)c(Cl)cc1OC. The van der Waals surface area contributed by atoms with Crippen molar-refractivity contribution in [1.29, 1.82) is 0 Å². The molecule has 0 fully saturated rings. The molecule has 1 amide bonds. The van der Waals surface area contributed by atoms with Gasteiger partial charge in [-0.2, -0.15) is 0 Å². The number of ketones is 1. The second kappa shape index (κ2) is 12.8. The first-order chi connectivity index (χ1) is 17.2. The molecule has 0 aliphatic rings. The number of halogens is 1. The average molecular weight is 542 g/mol. The van der Waals surface area contributed by atoms with E-state index in [-0.39, 0.29) is 16.9 Å². The summed E-state index contributed by atoms with van der Waals surface area (Å²) in [5.74, 6) is 0.409. The molecule has 0 heterocycles. The highest BCUT2D eigenvalue weighted by Crippen LogP contribution is 2.33. The zero-order valence-corrected chi connectivity index (χ0v) is 22.9. The predicted molar refractivity (Wildman–Crippen MR) is 154 cm³/mol. The van der Waals surface area contributed by atoms with Gasteiger partial charge in [0.2, 0.25) is 5.91 Å². The van der Waals surface area contributed by atoms with Crippen molar-refractivity contribution in [2.75, 3.05) is 23.1 Å². The highest BCUT2D eigenvalue weighted by molar-refractivity contribution is 8.00. The maximum absolute atomic E-state index is 13.1. The number of Topliss-reactive ketones (excluding diaryl/α,β-unsaturated/α-hetero) is 1. The maximum atomic E-state index is 13.1. The highest BCUT2D eigenvalue weighted by Gasteiger charge is 2.20. The standard InChI is InChI=1S/C27H28ClN3O3S2/c1-5-25(26(33)31-23-13-16(2)22(28)15-24(23)34-4)36-21-8-6-7-20(14-21)30-27(35)29-19-11-9-18(10-12-19)17(3)32/h6-15,25H,5H2,1-4H3,(H,31,33)(H2,29,30,35). The number of hydrogen-bond donors (Lipinski definition) is 3. The molecule has 6 nitrogen and oxygen atoms in total. The van der Waals surface area contributed by atoms with Gasteiger partial charge in [-0.05, 0) is 86.6 Å². The lowest BCUT2D eigenvalue weighted by atomic mass is 10.1. The summed E-state index contributed by atoms with van der Waals surface area (Å²) in [7, 11) is 1.54. The minimum Gasteiger partial charge on any atom is -0.495 e. The van der Waals surface area contributed by atoms with Crippen LogP contribution in [0.15, 0.2) is 65.6 Å². The smallest absolute Gasteiger partial charge is 0.237 e. The van der Waals surface area contributed by atoms with E-state index in [1.165, 1.54) is 18.7 Å². The lowest BCUT2D eigenvalue weighted by Gasteiger charge is -2.18. The van der Waals surface area contributed by atoms with Gasteiger partial charge < -0.3 is 20.7 Å². The van der Waals surface area contributed by atoms with Gasteiger partial charge in [0.1, 0.15) is 5.75 Å². The summed E-state index contributed by atoms with van der Waals surface area (Å²) in [6.45, 7) is 5.38. The second-order valence-electron chi connectivity index (χ2n) is 8.05. The van der Waals surface area contributed by atoms with Gasteiger partial charge in [-0.15, -0.1) is 11.8 Å². The molecular weight excluding hydrogens is 514 g/mol. The molecule has 0 aliphatic heterocycles. The predicted octanol–water partition coefficient (Wildman–Crippen LogP) is 7.18. The first-order valence-corrected chi connectivity index (χ1v) is 13.0. The van der Waals surface area contributed by atoms with E-state index < -0.39 is 0 Å². The Balaban J connectivity index is 1.64. The van der Waals surface area contributed by atoms with Crippen LogP contribution in [0.4, 0.5) is 17.1 Å². The number of methoxy groups -OCH3 is 1. The number of rotatable bonds is 9. The fourth-order valence-electron chi connectivity index (χ4n) is 3.36. The highest BCUT2D eigenvalue weighted by atomic mass is 35.5. The Bertz CT molecular complexity index is 1270. The number of benzene rings is 3. The fourth-order valence-corrected chi connectivity index (χ4v) is 4.76. The van der Waals surface area contributed by atoms with Gasteiger partial charge in [-0.3, -0.25) is 9.59 Å². The van der Waals surface area contributed by atoms with Crippen LogP contribution in [0.2, 0.25) is 5.02 Å². The van der Waals surface area contributed by atoms with Crippen LogP contribution >= 0.6 is 35.6 Å². The lowest BCUT2D eigenvalue weighted by molar-refractivity contribution is -0.115. The van der Waals surface area contributed by atoms with Crippen molar-refractivity contribution in [3.8, 4) is 5.75 Å². The van der Waals surface area contributed by atoms with Gasteiger partial charge >= 0.3 is 0 Å². The Morgan fingerprint density at radius 1 is 1.03 bits per heavy atom. The zero-order chi connectivity index (χ0) is 26.2. The number of thiocarbonyl (C=S) groups is 1. The van der Waals surface area contributed by atoms with Crippen LogP contribution in [0.3, 0.4) is 0 Å². The second-order valence-corrected chi connectivity index (χ2v) is 10.1. The Kier molecular flexibility index (Phi) is 9.75. The summed E-state index contributed by atoms with van der Waals surface area (Å²) in [5.41, 5.74) is 3.66. The van der Waals surface area contributed by atoms with Crippen LogP contribution in [0.5, 0.6) is 5.75 Å². The number of carbonyl (C=O) groups is 2. The van der Waals surface area contributed by atoms with E-state index in [1.54, 1.807) is 37.4 Å². The fraction of sp³-hybridized carbons (Fsp3) is 0.222. The van der Waals surface area contributed by atoms with Crippen LogP contribution in [0.1, 0.15) is 36.2 Å². The third-order valence-electron chi connectivity index (χ3n) is 5.32. The summed E-state index contributed by atoms with van der Waals surface area (Å²) in [6.07, 6.45) is 0.638. The molecular formula is C27H28ClN3O3S2. The molecule has 0 radical (unpaired) electrons. The number of anilines is 3. The van der Waals surface area contributed by atoms with Crippen molar-refractivity contribution in [1.82, 2.24) is 0 Å². The number of amides is 1.